The average Bonchev–Trinajstić information content (AvgIpc) is 3.02. The lowest BCUT2D eigenvalue weighted by atomic mass is 9.95. The molecule has 2 N–H and O–H groups in total. The minimum atomic E-state index is -0.126. The summed E-state index contributed by atoms with van der Waals surface area (Å²) in [4.78, 5) is 38.9. The highest BCUT2D eigenvalue weighted by Crippen LogP contribution is 2.22. The standard InChI is InChI=1S/C23H33N3O3/c1-2-21(27)24-20-13-11-17(12-14-20)23(29)26-15-7-8-18(16-26)22(28)25-19-9-5-3-4-6-10-19/h11-14,18-19H,2-10,15-16H2,1H3,(H,24,27)(H,25,28). The molecule has 6 nitrogen and oxygen atoms in total. The van der Waals surface area contributed by atoms with Gasteiger partial charge in [0.25, 0.3) is 5.91 Å². The molecular weight excluding hydrogens is 366 g/mol. The molecule has 1 aliphatic heterocycles. The van der Waals surface area contributed by atoms with Crippen molar-refractivity contribution in [1.29, 1.82) is 0 Å². The fourth-order valence-corrected chi connectivity index (χ4v) is 4.25. The molecule has 1 heterocycles. The number of amides is 3. The summed E-state index contributed by atoms with van der Waals surface area (Å²) in [5.74, 6) is -0.126. The van der Waals surface area contributed by atoms with Crippen molar-refractivity contribution in [3.05, 3.63) is 29.8 Å². The SMILES string of the molecule is CCC(=O)Nc1ccc(C(=O)N2CCCC(C(=O)NC3CCCCCC3)C2)cc1. The average molecular weight is 400 g/mol. The van der Waals surface area contributed by atoms with Gasteiger partial charge in [-0.15, -0.1) is 0 Å². The number of anilines is 1. The van der Waals surface area contributed by atoms with Crippen LogP contribution in [0.25, 0.3) is 0 Å². The number of carbonyl (C=O) groups is 3. The van der Waals surface area contributed by atoms with E-state index < -0.39 is 0 Å². The number of piperidine rings is 1. The minimum absolute atomic E-state index is 0.0506. The van der Waals surface area contributed by atoms with E-state index in [1.165, 1.54) is 25.7 Å². The Labute approximate surface area is 173 Å². The van der Waals surface area contributed by atoms with Crippen molar-refractivity contribution in [3.63, 3.8) is 0 Å². The van der Waals surface area contributed by atoms with E-state index in [1.807, 2.05) is 0 Å². The normalized spacial score (nSPS) is 20.6. The Morgan fingerprint density at radius 2 is 1.66 bits per heavy atom. The summed E-state index contributed by atoms with van der Waals surface area (Å²) in [6.45, 7) is 2.96. The van der Waals surface area contributed by atoms with Crippen molar-refractivity contribution in [2.45, 2.75) is 70.8 Å². The zero-order chi connectivity index (χ0) is 20.6. The van der Waals surface area contributed by atoms with Crippen LogP contribution in [0.2, 0.25) is 0 Å². The first-order chi connectivity index (χ1) is 14.1. The van der Waals surface area contributed by atoms with Crippen LogP contribution in [0.5, 0.6) is 0 Å². The van der Waals surface area contributed by atoms with Gasteiger partial charge in [-0.1, -0.05) is 32.6 Å². The number of rotatable bonds is 5. The van der Waals surface area contributed by atoms with Crippen LogP contribution >= 0.6 is 0 Å². The molecule has 0 radical (unpaired) electrons. The maximum Gasteiger partial charge on any atom is 0.253 e. The molecule has 0 bridgehead atoms. The molecule has 0 spiro atoms. The lowest BCUT2D eigenvalue weighted by Crippen LogP contribution is -2.47. The number of nitrogens with zero attached hydrogens (tertiary/aromatic N) is 1. The molecule has 3 amide bonds. The summed E-state index contributed by atoms with van der Waals surface area (Å²) in [5, 5.41) is 6.03. The Kier molecular flexibility index (Phi) is 7.67. The molecule has 2 aliphatic rings. The number of nitrogens with one attached hydrogen (secondary N) is 2. The first-order valence-electron chi connectivity index (χ1n) is 11.1. The fraction of sp³-hybridized carbons (Fsp3) is 0.609. The quantitative estimate of drug-likeness (QED) is 0.741. The van der Waals surface area contributed by atoms with Gasteiger partial charge in [0.1, 0.15) is 0 Å². The largest absolute Gasteiger partial charge is 0.353 e. The highest BCUT2D eigenvalue weighted by atomic mass is 16.2. The lowest BCUT2D eigenvalue weighted by Gasteiger charge is -2.33. The summed E-state index contributed by atoms with van der Waals surface area (Å²) in [6, 6.07) is 7.27. The van der Waals surface area contributed by atoms with Crippen molar-refractivity contribution in [2.75, 3.05) is 18.4 Å². The van der Waals surface area contributed by atoms with Gasteiger partial charge in [-0.3, -0.25) is 14.4 Å². The summed E-state index contributed by atoms with van der Waals surface area (Å²) in [7, 11) is 0. The summed E-state index contributed by atoms with van der Waals surface area (Å²) >= 11 is 0. The van der Waals surface area contributed by atoms with Gasteiger partial charge in [0.15, 0.2) is 0 Å². The summed E-state index contributed by atoms with van der Waals surface area (Å²) < 4.78 is 0. The Morgan fingerprint density at radius 3 is 2.31 bits per heavy atom. The lowest BCUT2D eigenvalue weighted by molar-refractivity contribution is -0.127. The first-order valence-corrected chi connectivity index (χ1v) is 11.1. The van der Waals surface area contributed by atoms with Gasteiger partial charge in [0, 0.05) is 36.8 Å². The van der Waals surface area contributed by atoms with Crippen LogP contribution in [-0.2, 0) is 9.59 Å². The van der Waals surface area contributed by atoms with Crippen LogP contribution in [-0.4, -0.2) is 41.8 Å². The van der Waals surface area contributed by atoms with Crippen molar-refractivity contribution >= 4 is 23.4 Å². The van der Waals surface area contributed by atoms with Gasteiger partial charge in [0.2, 0.25) is 11.8 Å². The zero-order valence-electron chi connectivity index (χ0n) is 17.4. The smallest absolute Gasteiger partial charge is 0.253 e. The van der Waals surface area contributed by atoms with Gasteiger partial charge in [0.05, 0.1) is 5.92 Å². The summed E-state index contributed by atoms with van der Waals surface area (Å²) in [5.41, 5.74) is 1.28. The number of hydrogen-bond donors (Lipinski definition) is 2. The van der Waals surface area contributed by atoms with E-state index in [-0.39, 0.29) is 23.6 Å². The van der Waals surface area contributed by atoms with Crippen LogP contribution < -0.4 is 10.6 Å². The van der Waals surface area contributed by atoms with Gasteiger partial charge < -0.3 is 15.5 Å². The molecule has 1 saturated carbocycles. The van der Waals surface area contributed by atoms with Crippen LogP contribution in [0.3, 0.4) is 0 Å². The first kappa shape index (κ1) is 21.3. The molecule has 1 aromatic carbocycles. The fourth-order valence-electron chi connectivity index (χ4n) is 4.25. The van der Waals surface area contributed by atoms with E-state index >= 15 is 0 Å². The van der Waals surface area contributed by atoms with Gasteiger partial charge in [-0.2, -0.15) is 0 Å². The van der Waals surface area contributed by atoms with E-state index in [0.29, 0.717) is 36.8 Å². The second-order valence-corrected chi connectivity index (χ2v) is 8.27. The molecule has 3 rings (SSSR count). The predicted molar refractivity (Wildman–Crippen MR) is 114 cm³/mol. The monoisotopic (exact) mass is 399 g/mol. The zero-order valence-corrected chi connectivity index (χ0v) is 17.4. The van der Waals surface area contributed by atoms with E-state index in [0.717, 1.165) is 25.7 Å². The summed E-state index contributed by atoms with van der Waals surface area (Å²) in [6.07, 6.45) is 9.15. The Bertz CT molecular complexity index is 709. The molecule has 158 valence electrons. The molecule has 1 atom stereocenters. The second-order valence-electron chi connectivity index (χ2n) is 8.27. The Morgan fingerprint density at radius 1 is 0.966 bits per heavy atom. The number of hydrogen-bond acceptors (Lipinski definition) is 3. The van der Waals surface area contributed by atoms with E-state index in [9.17, 15) is 14.4 Å². The molecule has 1 aliphatic carbocycles. The van der Waals surface area contributed by atoms with Crippen molar-refractivity contribution in [3.8, 4) is 0 Å². The molecule has 1 saturated heterocycles. The van der Waals surface area contributed by atoms with Crippen molar-refractivity contribution < 1.29 is 14.4 Å². The van der Waals surface area contributed by atoms with E-state index in [2.05, 4.69) is 10.6 Å². The van der Waals surface area contributed by atoms with Gasteiger partial charge in [-0.05, 0) is 49.9 Å². The van der Waals surface area contributed by atoms with E-state index in [1.54, 1.807) is 36.1 Å². The molecule has 1 unspecified atom stereocenters. The Balaban J connectivity index is 1.55. The predicted octanol–water partition coefficient (Wildman–Crippen LogP) is 3.73. The third kappa shape index (κ3) is 6.05. The van der Waals surface area contributed by atoms with Crippen LogP contribution in [0, 0.1) is 5.92 Å². The number of carbonyl (C=O) groups excluding carboxylic acids is 3. The third-order valence-electron chi connectivity index (χ3n) is 6.02. The van der Waals surface area contributed by atoms with Crippen molar-refractivity contribution in [2.24, 2.45) is 5.92 Å². The third-order valence-corrected chi connectivity index (χ3v) is 6.02. The minimum Gasteiger partial charge on any atom is -0.353 e. The molecule has 6 heteroatoms. The Hall–Kier alpha value is -2.37. The highest BCUT2D eigenvalue weighted by molar-refractivity contribution is 5.96. The maximum atomic E-state index is 12.9. The highest BCUT2D eigenvalue weighted by Gasteiger charge is 2.30. The topological polar surface area (TPSA) is 78.5 Å². The molecule has 0 aromatic heterocycles. The van der Waals surface area contributed by atoms with Crippen LogP contribution in [0.15, 0.2) is 24.3 Å². The van der Waals surface area contributed by atoms with Gasteiger partial charge >= 0.3 is 0 Å². The molecular formula is C23H33N3O3. The molecule has 29 heavy (non-hydrogen) atoms. The van der Waals surface area contributed by atoms with E-state index in [4.69, 9.17) is 0 Å². The molecule has 2 fully saturated rings. The number of likely N-dealkylation sites (tertiary alicyclic amines) is 1. The van der Waals surface area contributed by atoms with Crippen LogP contribution in [0.4, 0.5) is 5.69 Å². The van der Waals surface area contributed by atoms with Crippen LogP contribution in [0.1, 0.15) is 75.1 Å². The maximum absolute atomic E-state index is 12.9. The second kappa shape index (κ2) is 10.4. The molecule has 1 aromatic rings. The van der Waals surface area contributed by atoms with Crippen molar-refractivity contribution in [1.82, 2.24) is 10.2 Å². The van der Waals surface area contributed by atoms with Gasteiger partial charge in [-0.25, -0.2) is 0 Å². The number of benzene rings is 1.